The molecule has 126 valence electrons. The van der Waals surface area contributed by atoms with Crippen LogP contribution in [-0.4, -0.2) is 16.1 Å². The van der Waals surface area contributed by atoms with Crippen molar-refractivity contribution in [1.29, 1.82) is 0 Å². The number of amides is 2. The number of nitrogens with zero attached hydrogens (tertiary/aromatic N) is 1. The fourth-order valence-electron chi connectivity index (χ4n) is 2.30. The van der Waals surface area contributed by atoms with Gasteiger partial charge in [-0.25, -0.2) is 4.39 Å². The van der Waals surface area contributed by atoms with Crippen LogP contribution in [0.3, 0.4) is 0 Å². The van der Waals surface area contributed by atoms with Crippen LogP contribution in [0.4, 0.5) is 15.8 Å². The summed E-state index contributed by atoms with van der Waals surface area (Å²) in [5.74, 6) is -0.726. The van der Waals surface area contributed by atoms with Gasteiger partial charge in [-0.3, -0.25) is 14.5 Å². The summed E-state index contributed by atoms with van der Waals surface area (Å²) in [4.78, 5) is 25.6. The number of thiocarbonyl (C=S) groups is 1. The van der Waals surface area contributed by atoms with Gasteiger partial charge in [0, 0.05) is 12.6 Å². The third kappa shape index (κ3) is 3.94. The lowest BCUT2D eigenvalue weighted by Gasteiger charge is -2.15. The Kier molecular flexibility index (Phi) is 4.96. The molecule has 7 heteroatoms. The molecule has 0 atom stereocenters. The van der Waals surface area contributed by atoms with E-state index >= 15 is 0 Å². The predicted octanol–water partition coefficient (Wildman–Crippen LogP) is 4.19. The summed E-state index contributed by atoms with van der Waals surface area (Å²) < 4.78 is 13.4. The lowest BCUT2D eigenvalue weighted by atomic mass is 10.2. The van der Waals surface area contributed by atoms with Crippen molar-refractivity contribution in [2.75, 3.05) is 10.2 Å². The van der Waals surface area contributed by atoms with Crippen molar-refractivity contribution in [3.63, 3.8) is 0 Å². The molecule has 1 aliphatic heterocycles. The van der Waals surface area contributed by atoms with Gasteiger partial charge in [-0.05, 0) is 48.0 Å². The first-order valence-electron chi connectivity index (χ1n) is 7.35. The highest BCUT2D eigenvalue weighted by Gasteiger charge is 2.33. The van der Waals surface area contributed by atoms with Crippen molar-refractivity contribution in [2.45, 2.75) is 6.92 Å². The Morgan fingerprint density at radius 2 is 1.80 bits per heavy atom. The topological polar surface area (TPSA) is 49.4 Å². The maximum atomic E-state index is 13.0. The second-order valence-corrected chi connectivity index (χ2v) is 6.97. The van der Waals surface area contributed by atoms with Gasteiger partial charge in [0.1, 0.15) is 5.82 Å². The third-order valence-electron chi connectivity index (χ3n) is 3.41. The summed E-state index contributed by atoms with van der Waals surface area (Å²) in [5, 5.41) is 2.67. The van der Waals surface area contributed by atoms with Gasteiger partial charge in [0.15, 0.2) is 4.32 Å². The first-order chi connectivity index (χ1) is 11.9. The maximum Gasteiger partial charge on any atom is 0.270 e. The van der Waals surface area contributed by atoms with E-state index < -0.39 is 0 Å². The van der Waals surface area contributed by atoms with E-state index in [1.807, 2.05) is 0 Å². The zero-order chi connectivity index (χ0) is 18.0. The Hall–Kier alpha value is -2.51. The largest absolute Gasteiger partial charge is 0.326 e. The van der Waals surface area contributed by atoms with Crippen LogP contribution in [0.1, 0.15) is 12.5 Å². The minimum Gasteiger partial charge on any atom is -0.326 e. The highest BCUT2D eigenvalue weighted by molar-refractivity contribution is 8.27. The van der Waals surface area contributed by atoms with Gasteiger partial charge >= 0.3 is 0 Å². The van der Waals surface area contributed by atoms with Crippen molar-refractivity contribution in [2.24, 2.45) is 0 Å². The molecule has 2 aromatic rings. The summed E-state index contributed by atoms with van der Waals surface area (Å²) in [5.41, 5.74) is 1.99. The van der Waals surface area contributed by atoms with Crippen LogP contribution in [0.2, 0.25) is 0 Å². The smallest absolute Gasteiger partial charge is 0.270 e. The predicted molar refractivity (Wildman–Crippen MR) is 103 cm³/mol. The molecule has 1 fully saturated rings. The number of benzene rings is 2. The van der Waals surface area contributed by atoms with Crippen molar-refractivity contribution in [3.8, 4) is 0 Å². The van der Waals surface area contributed by atoms with E-state index in [2.05, 4.69) is 5.32 Å². The zero-order valence-corrected chi connectivity index (χ0v) is 14.8. The molecule has 1 aliphatic rings. The third-order valence-corrected chi connectivity index (χ3v) is 4.71. The molecule has 1 heterocycles. The lowest BCUT2D eigenvalue weighted by molar-refractivity contribution is -0.114. The summed E-state index contributed by atoms with van der Waals surface area (Å²) in [6.07, 6.45) is 1.68. The van der Waals surface area contributed by atoms with E-state index in [9.17, 15) is 14.0 Å². The van der Waals surface area contributed by atoms with Gasteiger partial charge in [-0.1, -0.05) is 36.1 Å². The van der Waals surface area contributed by atoms with Crippen LogP contribution < -0.4 is 10.2 Å². The molecular weight excluding hydrogens is 359 g/mol. The maximum absolute atomic E-state index is 13.0. The summed E-state index contributed by atoms with van der Waals surface area (Å²) in [7, 11) is 0. The second-order valence-electron chi connectivity index (χ2n) is 5.30. The van der Waals surface area contributed by atoms with Crippen molar-refractivity contribution < 1.29 is 14.0 Å². The van der Waals surface area contributed by atoms with E-state index in [1.165, 1.54) is 35.7 Å². The molecule has 0 aliphatic carbocycles. The Bertz CT molecular complexity index is 877. The van der Waals surface area contributed by atoms with Gasteiger partial charge in [-0.2, -0.15) is 0 Å². The molecule has 25 heavy (non-hydrogen) atoms. The van der Waals surface area contributed by atoms with E-state index in [0.717, 1.165) is 5.56 Å². The van der Waals surface area contributed by atoms with Gasteiger partial charge in [0.05, 0.1) is 10.6 Å². The van der Waals surface area contributed by atoms with E-state index in [4.69, 9.17) is 12.2 Å². The molecule has 0 radical (unpaired) electrons. The average molecular weight is 372 g/mol. The van der Waals surface area contributed by atoms with Crippen molar-refractivity contribution in [1.82, 2.24) is 0 Å². The van der Waals surface area contributed by atoms with Crippen LogP contribution in [0.15, 0.2) is 53.4 Å². The molecule has 0 saturated carbocycles. The Balaban J connectivity index is 1.83. The molecule has 2 aromatic carbocycles. The van der Waals surface area contributed by atoms with Crippen LogP contribution >= 0.6 is 24.0 Å². The number of hydrogen-bond acceptors (Lipinski definition) is 4. The number of hydrogen-bond donors (Lipinski definition) is 1. The number of halogens is 1. The van der Waals surface area contributed by atoms with Gasteiger partial charge in [-0.15, -0.1) is 0 Å². The van der Waals surface area contributed by atoms with Gasteiger partial charge < -0.3 is 5.32 Å². The SMILES string of the molecule is CC(=O)Nc1ccc(N2C(=O)/C(=C/c3ccc(F)cc3)SC2=S)cc1. The molecule has 0 bridgehead atoms. The van der Waals surface area contributed by atoms with E-state index in [-0.39, 0.29) is 17.6 Å². The monoisotopic (exact) mass is 372 g/mol. The van der Waals surface area contributed by atoms with Gasteiger partial charge in [0.2, 0.25) is 5.91 Å². The highest BCUT2D eigenvalue weighted by Crippen LogP contribution is 2.36. The number of nitrogens with one attached hydrogen (secondary N) is 1. The highest BCUT2D eigenvalue weighted by atomic mass is 32.2. The average Bonchev–Trinajstić information content (AvgIpc) is 2.84. The molecular formula is C18H13FN2O2S2. The van der Waals surface area contributed by atoms with E-state index in [0.29, 0.717) is 20.6 Å². The fourth-order valence-corrected chi connectivity index (χ4v) is 3.60. The fraction of sp³-hybridized carbons (Fsp3) is 0.0556. The molecule has 4 nitrogen and oxygen atoms in total. The van der Waals surface area contributed by atoms with Crippen LogP contribution in [0, 0.1) is 5.82 Å². The summed E-state index contributed by atoms with van der Waals surface area (Å²) in [6, 6.07) is 12.7. The van der Waals surface area contributed by atoms with Gasteiger partial charge in [0.25, 0.3) is 5.91 Å². The number of anilines is 2. The molecule has 0 aromatic heterocycles. The second kappa shape index (κ2) is 7.16. The van der Waals surface area contributed by atoms with Crippen molar-refractivity contribution in [3.05, 3.63) is 64.8 Å². The molecule has 2 amide bonds. The number of rotatable bonds is 3. The van der Waals surface area contributed by atoms with Crippen LogP contribution in [0.25, 0.3) is 6.08 Å². The molecule has 1 N–H and O–H groups in total. The standard InChI is InChI=1S/C18H13FN2O2S2/c1-11(22)20-14-6-8-15(9-7-14)21-17(23)16(25-18(21)24)10-12-2-4-13(19)5-3-12/h2-10H,1H3,(H,20,22)/b16-10-. The Labute approximate surface area is 153 Å². The molecule has 0 unspecified atom stereocenters. The first-order valence-corrected chi connectivity index (χ1v) is 8.58. The molecule has 1 saturated heterocycles. The lowest BCUT2D eigenvalue weighted by Crippen LogP contribution is -2.27. The zero-order valence-electron chi connectivity index (χ0n) is 13.2. The normalized spacial score (nSPS) is 15.8. The number of carbonyl (C=O) groups excluding carboxylic acids is 2. The van der Waals surface area contributed by atoms with Crippen LogP contribution in [0.5, 0.6) is 0 Å². The summed E-state index contributed by atoms with van der Waals surface area (Å²) in [6.45, 7) is 1.43. The minimum atomic E-state index is -0.330. The van der Waals surface area contributed by atoms with Crippen molar-refractivity contribution >= 4 is 57.6 Å². The first kappa shape index (κ1) is 17.3. The Morgan fingerprint density at radius 1 is 1.16 bits per heavy atom. The Morgan fingerprint density at radius 3 is 2.40 bits per heavy atom. The quantitative estimate of drug-likeness (QED) is 0.648. The van der Waals surface area contributed by atoms with Crippen LogP contribution in [-0.2, 0) is 9.59 Å². The number of carbonyl (C=O) groups is 2. The molecule has 0 spiro atoms. The minimum absolute atomic E-state index is 0.166. The summed E-state index contributed by atoms with van der Waals surface area (Å²) >= 11 is 6.51. The molecule has 3 rings (SSSR count). The van der Waals surface area contributed by atoms with E-state index in [1.54, 1.807) is 42.5 Å². The number of thioether (sulfide) groups is 1.